The fourth-order valence-electron chi connectivity index (χ4n) is 1.58. The minimum atomic E-state index is -0.140. The number of carbonyl (C=O) groups is 1. The number of anilines is 1. The highest BCUT2D eigenvalue weighted by Gasteiger charge is 2.17. The van der Waals surface area contributed by atoms with Gasteiger partial charge in [-0.3, -0.25) is 4.79 Å². The number of aromatic nitrogens is 2. The van der Waals surface area contributed by atoms with Gasteiger partial charge in [-0.25, -0.2) is 0 Å². The third kappa shape index (κ3) is 4.86. The molecular weight excluding hydrogens is 246 g/mol. The summed E-state index contributed by atoms with van der Waals surface area (Å²) in [7, 11) is 3.45. The molecule has 1 unspecified atom stereocenters. The van der Waals surface area contributed by atoms with Gasteiger partial charge in [-0.2, -0.15) is 0 Å². The van der Waals surface area contributed by atoms with E-state index >= 15 is 0 Å². The fourth-order valence-corrected chi connectivity index (χ4v) is 1.58. The van der Waals surface area contributed by atoms with Crippen molar-refractivity contribution in [3.05, 3.63) is 5.89 Å². The molecule has 1 amide bonds. The van der Waals surface area contributed by atoms with E-state index in [-0.39, 0.29) is 11.8 Å². The van der Waals surface area contributed by atoms with Crippen molar-refractivity contribution < 1.29 is 9.21 Å². The molecule has 1 aromatic heterocycles. The first-order chi connectivity index (χ1) is 8.93. The normalized spacial score (nSPS) is 12.5. The Balaban J connectivity index is 2.53. The van der Waals surface area contributed by atoms with Crippen LogP contribution in [0.1, 0.15) is 26.7 Å². The van der Waals surface area contributed by atoms with Gasteiger partial charge >= 0.3 is 6.01 Å². The lowest BCUT2D eigenvalue weighted by atomic mass is 10.1. The molecule has 108 valence electrons. The van der Waals surface area contributed by atoms with Gasteiger partial charge in [0.1, 0.15) is 0 Å². The van der Waals surface area contributed by atoms with Gasteiger partial charge in [0.2, 0.25) is 11.8 Å². The van der Waals surface area contributed by atoms with E-state index in [0.29, 0.717) is 31.0 Å². The van der Waals surface area contributed by atoms with Crippen LogP contribution in [0.2, 0.25) is 0 Å². The van der Waals surface area contributed by atoms with Crippen LogP contribution in [0.15, 0.2) is 4.42 Å². The van der Waals surface area contributed by atoms with Gasteiger partial charge in [-0.05, 0) is 0 Å². The van der Waals surface area contributed by atoms with E-state index in [1.165, 1.54) is 0 Å². The lowest BCUT2D eigenvalue weighted by Crippen LogP contribution is -2.34. The van der Waals surface area contributed by atoms with Crippen LogP contribution in [-0.2, 0) is 11.3 Å². The van der Waals surface area contributed by atoms with Crippen LogP contribution in [0.3, 0.4) is 0 Å². The van der Waals surface area contributed by atoms with E-state index in [0.717, 1.165) is 0 Å². The Morgan fingerprint density at radius 2 is 2.05 bits per heavy atom. The van der Waals surface area contributed by atoms with Gasteiger partial charge in [0, 0.05) is 26.7 Å². The molecule has 0 bridgehead atoms. The summed E-state index contributed by atoms with van der Waals surface area (Å²) < 4.78 is 5.52. The molecule has 7 heteroatoms. The largest absolute Gasteiger partial charge is 0.407 e. The summed E-state index contributed by atoms with van der Waals surface area (Å²) in [6.07, 6.45) is 0. The molecule has 1 rings (SSSR count). The molecule has 1 atom stereocenters. The molecule has 1 aromatic rings. The number of amides is 1. The number of rotatable bonds is 7. The van der Waals surface area contributed by atoms with Gasteiger partial charge in [-0.1, -0.05) is 25.9 Å². The Morgan fingerprint density at radius 3 is 2.63 bits per heavy atom. The molecule has 1 heterocycles. The lowest BCUT2D eigenvalue weighted by molar-refractivity contribution is -0.123. The molecule has 0 fully saturated rings. The van der Waals surface area contributed by atoms with Crippen LogP contribution in [0, 0.1) is 5.92 Å². The second-order valence-electron chi connectivity index (χ2n) is 4.91. The summed E-state index contributed by atoms with van der Waals surface area (Å²) in [5.74, 6) is 0.398. The predicted molar refractivity (Wildman–Crippen MR) is 72.8 cm³/mol. The van der Waals surface area contributed by atoms with Crippen molar-refractivity contribution in [3.63, 3.8) is 0 Å². The summed E-state index contributed by atoms with van der Waals surface area (Å²) in [6.45, 7) is 7.03. The standard InChI is InChI=1S/C12H23N5O2/c1-8(2)14-6-10-15-16-12(19-10)17(5)7-9(3)11(18)13-4/h8-9,14H,6-7H2,1-5H3,(H,13,18). The third-order valence-electron chi connectivity index (χ3n) is 2.69. The Labute approximate surface area is 113 Å². The Kier molecular flexibility index (Phi) is 5.75. The van der Waals surface area contributed by atoms with Crippen LogP contribution in [0.5, 0.6) is 0 Å². The Hall–Kier alpha value is -1.63. The number of carbonyl (C=O) groups excluding carboxylic acids is 1. The summed E-state index contributed by atoms with van der Waals surface area (Å²) in [4.78, 5) is 13.2. The molecule has 0 saturated heterocycles. The van der Waals surface area contributed by atoms with E-state index in [1.807, 2.05) is 14.0 Å². The maximum atomic E-state index is 11.4. The first-order valence-electron chi connectivity index (χ1n) is 6.42. The van der Waals surface area contributed by atoms with Crippen molar-refractivity contribution in [2.45, 2.75) is 33.4 Å². The van der Waals surface area contributed by atoms with E-state index in [4.69, 9.17) is 4.42 Å². The molecule has 0 aliphatic heterocycles. The maximum absolute atomic E-state index is 11.4. The highest BCUT2D eigenvalue weighted by molar-refractivity contribution is 5.78. The van der Waals surface area contributed by atoms with Gasteiger partial charge in [0.15, 0.2) is 0 Å². The zero-order chi connectivity index (χ0) is 14.4. The molecule has 19 heavy (non-hydrogen) atoms. The highest BCUT2D eigenvalue weighted by Crippen LogP contribution is 2.12. The molecule has 0 saturated carbocycles. The van der Waals surface area contributed by atoms with Crippen molar-refractivity contribution in [2.75, 3.05) is 25.5 Å². The van der Waals surface area contributed by atoms with Crippen LogP contribution < -0.4 is 15.5 Å². The number of nitrogens with one attached hydrogen (secondary N) is 2. The Morgan fingerprint density at radius 1 is 1.37 bits per heavy atom. The van der Waals surface area contributed by atoms with E-state index < -0.39 is 0 Å². The molecule has 7 nitrogen and oxygen atoms in total. The molecule has 0 spiro atoms. The molecule has 0 aromatic carbocycles. The van der Waals surface area contributed by atoms with Crippen LogP contribution in [-0.4, -0.2) is 42.8 Å². The number of nitrogens with zero attached hydrogens (tertiary/aromatic N) is 3. The minimum Gasteiger partial charge on any atom is -0.407 e. The first kappa shape index (κ1) is 15.4. The average molecular weight is 269 g/mol. The zero-order valence-electron chi connectivity index (χ0n) is 12.2. The van der Waals surface area contributed by atoms with Gasteiger partial charge in [0.05, 0.1) is 12.5 Å². The van der Waals surface area contributed by atoms with Crippen LogP contribution in [0.25, 0.3) is 0 Å². The topological polar surface area (TPSA) is 83.3 Å². The van der Waals surface area contributed by atoms with E-state index in [9.17, 15) is 4.79 Å². The predicted octanol–water partition coefficient (Wildman–Crippen LogP) is 0.386. The number of hydrogen-bond donors (Lipinski definition) is 2. The lowest BCUT2D eigenvalue weighted by Gasteiger charge is -2.18. The summed E-state index contributed by atoms with van der Waals surface area (Å²) >= 11 is 0. The molecule has 0 aliphatic carbocycles. The Bertz CT molecular complexity index is 405. The molecule has 2 N–H and O–H groups in total. The summed E-state index contributed by atoms with van der Waals surface area (Å²) in [6, 6.07) is 0.790. The molecule has 0 radical (unpaired) electrons. The second kappa shape index (κ2) is 7.08. The van der Waals surface area contributed by atoms with Gasteiger partial charge in [0.25, 0.3) is 0 Å². The minimum absolute atomic E-state index is 0.00642. The monoisotopic (exact) mass is 269 g/mol. The highest BCUT2D eigenvalue weighted by atomic mass is 16.4. The van der Waals surface area contributed by atoms with Crippen molar-refractivity contribution in [1.82, 2.24) is 20.8 Å². The maximum Gasteiger partial charge on any atom is 0.317 e. The zero-order valence-corrected chi connectivity index (χ0v) is 12.2. The fraction of sp³-hybridized carbons (Fsp3) is 0.750. The van der Waals surface area contributed by atoms with Gasteiger partial charge < -0.3 is 20.0 Å². The first-order valence-corrected chi connectivity index (χ1v) is 6.42. The quantitative estimate of drug-likeness (QED) is 0.745. The SMILES string of the molecule is CNC(=O)C(C)CN(C)c1nnc(CNC(C)C)o1. The smallest absolute Gasteiger partial charge is 0.317 e. The third-order valence-corrected chi connectivity index (χ3v) is 2.69. The van der Waals surface area contributed by atoms with Crippen molar-refractivity contribution in [1.29, 1.82) is 0 Å². The average Bonchev–Trinajstić information content (AvgIpc) is 2.84. The molecular formula is C12H23N5O2. The molecule has 0 aliphatic rings. The van der Waals surface area contributed by atoms with Gasteiger partial charge in [-0.15, -0.1) is 5.10 Å². The van der Waals surface area contributed by atoms with Crippen molar-refractivity contribution in [2.24, 2.45) is 5.92 Å². The van der Waals surface area contributed by atoms with E-state index in [1.54, 1.807) is 11.9 Å². The summed E-state index contributed by atoms with van der Waals surface area (Å²) in [5.41, 5.74) is 0. The second-order valence-corrected chi connectivity index (χ2v) is 4.91. The summed E-state index contributed by atoms with van der Waals surface area (Å²) in [5, 5.41) is 13.8. The van der Waals surface area contributed by atoms with Crippen LogP contribution >= 0.6 is 0 Å². The van der Waals surface area contributed by atoms with Crippen molar-refractivity contribution in [3.8, 4) is 0 Å². The van der Waals surface area contributed by atoms with E-state index in [2.05, 4.69) is 34.7 Å². The van der Waals surface area contributed by atoms with Crippen molar-refractivity contribution >= 4 is 11.9 Å². The number of hydrogen-bond acceptors (Lipinski definition) is 6. The van der Waals surface area contributed by atoms with Crippen LogP contribution in [0.4, 0.5) is 6.01 Å².